The van der Waals surface area contributed by atoms with Gasteiger partial charge in [0.15, 0.2) is 0 Å². The lowest BCUT2D eigenvalue weighted by Gasteiger charge is -2.31. The van der Waals surface area contributed by atoms with E-state index in [1.807, 2.05) is 0 Å². The molecule has 1 aliphatic rings. The Balaban J connectivity index is 2.49. The monoisotopic (exact) mass is 204 g/mol. The molecule has 0 radical (unpaired) electrons. The van der Waals surface area contributed by atoms with Gasteiger partial charge in [-0.15, -0.1) is 0 Å². The van der Waals surface area contributed by atoms with Gasteiger partial charge in [-0.3, -0.25) is 0 Å². The summed E-state index contributed by atoms with van der Waals surface area (Å²) in [4.78, 5) is 0. The highest BCUT2D eigenvalue weighted by Crippen LogP contribution is 2.40. The van der Waals surface area contributed by atoms with Crippen molar-refractivity contribution in [2.24, 2.45) is 5.92 Å². The molecule has 0 N–H and O–H groups in total. The Morgan fingerprint density at radius 1 is 1.27 bits per heavy atom. The molecule has 1 aromatic rings. The van der Waals surface area contributed by atoms with Gasteiger partial charge in [0.25, 0.3) is 0 Å². The number of fused-ring (bicyclic) bond motifs is 1. The minimum atomic E-state index is 0.190. The molecular weight excluding hydrogens is 184 g/mol. The number of hydrogen-bond acceptors (Lipinski definition) is 1. The van der Waals surface area contributed by atoms with Crippen molar-refractivity contribution in [3.05, 3.63) is 29.3 Å². The molecule has 82 valence electrons. The van der Waals surface area contributed by atoms with E-state index in [0.717, 1.165) is 18.8 Å². The predicted octanol–water partition coefficient (Wildman–Crippen LogP) is 3.56. The van der Waals surface area contributed by atoms with E-state index in [4.69, 9.17) is 4.74 Å². The summed E-state index contributed by atoms with van der Waals surface area (Å²) >= 11 is 0. The highest BCUT2D eigenvalue weighted by atomic mass is 16.5. The van der Waals surface area contributed by atoms with Crippen molar-refractivity contribution < 1.29 is 4.74 Å². The fourth-order valence-electron chi connectivity index (χ4n) is 2.03. The molecule has 0 saturated carbocycles. The van der Waals surface area contributed by atoms with Crippen molar-refractivity contribution >= 4 is 0 Å². The Labute approximate surface area is 92.5 Å². The zero-order valence-corrected chi connectivity index (χ0v) is 10.1. The van der Waals surface area contributed by atoms with Crippen LogP contribution in [0.15, 0.2) is 18.2 Å². The molecule has 0 atom stereocenters. The van der Waals surface area contributed by atoms with Gasteiger partial charge < -0.3 is 4.74 Å². The fourth-order valence-corrected chi connectivity index (χ4v) is 2.03. The number of hydrogen-bond donors (Lipinski definition) is 0. The Bertz CT molecular complexity index is 364. The maximum atomic E-state index is 5.77. The van der Waals surface area contributed by atoms with Crippen LogP contribution < -0.4 is 4.74 Å². The zero-order valence-electron chi connectivity index (χ0n) is 10.1. The number of benzene rings is 1. The molecule has 0 bridgehead atoms. The molecular formula is C14H20O. The summed E-state index contributed by atoms with van der Waals surface area (Å²) in [5.41, 5.74) is 2.93. The average Bonchev–Trinajstić information content (AvgIpc) is 2.64. The van der Waals surface area contributed by atoms with E-state index in [-0.39, 0.29) is 5.41 Å². The summed E-state index contributed by atoms with van der Waals surface area (Å²) < 4.78 is 5.77. The number of para-hydroxylation sites is 1. The van der Waals surface area contributed by atoms with Gasteiger partial charge in [0.1, 0.15) is 5.75 Å². The highest BCUT2D eigenvalue weighted by molar-refractivity contribution is 5.47. The first-order valence-electron chi connectivity index (χ1n) is 5.78. The van der Waals surface area contributed by atoms with E-state index < -0.39 is 0 Å². The van der Waals surface area contributed by atoms with Gasteiger partial charge in [0.05, 0.1) is 6.61 Å². The summed E-state index contributed by atoms with van der Waals surface area (Å²) in [6.07, 6.45) is 1.07. The normalized spacial score (nSPS) is 15.3. The maximum Gasteiger partial charge on any atom is 0.126 e. The Morgan fingerprint density at radius 3 is 2.67 bits per heavy atom. The first-order chi connectivity index (χ1) is 7.03. The van der Waals surface area contributed by atoms with Gasteiger partial charge in [-0.25, -0.2) is 0 Å². The smallest absolute Gasteiger partial charge is 0.126 e. The van der Waals surface area contributed by atoms with Crippen molar-refractivity contribution in [2.45, 2.75) is 39.5 Å². The van der Waals surface area contributed by atoms with Gasteiger partial charge in [-0.1, -0.05) is 45.9 Å². The lowest BCUT2D eigenvalue weighted by atomic mass is 9.74. The molecule has 0 aromatic heterocycles. The molecule has 0 amide bonds. The Kier molecular flexibility index (Phi) is 2.49. The molecule has 1 aromatic carbocycles. The second kappa shape index (κ2) is 3.55. The van der Waals surface area contributed by atoms with Gasteiger partial charge in [-0.2, -0.15) is 0 Å². The summed E-state index contributed by atoms with van der Waals surface area (Å²) in [6.45, 7) is 9.99. The third-order valence-electron chi connectivity index (χ3n) is 3.85. The number of rotatable bonds is 2. The van der Waals surface area contributed by atoms with Crippen molar-refractivity contribution in [1.82, 2.24) is 0 Å². The van der Waals surface area contributed by atoms with Crippen molar-refractivity contribution in [3.8, 4) is 5.75 Å². The molecule has 1 nitrogen and oxygen atoms in total. The van der Waals surface area contributed by atoms with Crippen molar-refractivity contribution in [1.29, 1.82) is 0 Å². The van der Waals surface area contributed by atoms with Crippen LogP contribution in [0.1, 0.15) is 38.8 Å². The summed E-state index contributed by atoms with van der Waals surface area (Å²) in [6, 6.07) is 6.55. The quantitative estimate of drug-likeness (QED) is 0.715. The van der Waals surface area contributed by atoms with Crippen LogP contribution in [0.2, 0.25) is 0 Å². The molecule has 1 aliphatic heterocycles. The minimum absolute atomic E-state index is 0.190. The van der Waals surface area contributed by atoms with Crippen LogP contribution in [0.3, 0.4) is 0 Å². The zero-order chi connectivity index (χ0) is 11.1. The van der Waals surface area contributed by atoms with Crippen LogP contribution in [0.25, 0.3) is 0 Å². The molecule has 0 fully saturated rings. The lowest BCUT2D eigenvalue weighted by molar-refractivity contribution is 0.322. The van der Waals surface area contributed by atoms with E-state index in [1.165, 1.54) is 11.1 Å². The molecule has 15 heavy (non-hydrogen) atoms. The maximum absolute atomic E-state index is 5.77. The molecule has 0 saturated heterocycles. The largest absolute Gasteiger partial charge is 0.493 e. The van der Waals surface area contributed by atoms with Gasteiger partial charge in [0, 0.05) is 12.0 Å². The fraction of sp³-hybridized carbons (Fsp3) is 0.571. The molecule has 0 unspecified atom stereocenters. The van der Waals surface area contributed by atoms with E-state index in [0.29, 0.717) is 5.92 Å². The van der Waals surface area contributed by atoms with E-state index >= 15 is 0 Å². The van der Waals surface area contributed by atoms with E-state index in [2.05, 4.69) is 45.9 Å². The van der Waals surface area contributed by atoms with Crippen LogP contribution in [0.4, 0.5) is 0 Å². The SMILES string of the molecule is CC(C)C(C)(C)c1cccc2c1OCC2. The Hall–Kier alpha value is -0.980. The number of ether oxygens (including phenoxy) is 1. The lowest BCUT2D eigenvalue weighted by Crippen LogP contribution is -2.24. The van der Waals surface area contributed by atoms with Crippen LogP contribution >= 0.6 is 0 Å². The summed E-state index contributed by atoms with van der Waals surface area (Å²) in [5, 5.41) is 0. The van der Waals surface area contributed by atoms with Crippen LogP contribution in [-0.2, 0) is 11.8 Å². The van der Waals surface area contributed by atoms with Crippen molar-refractivity contribution in [2.75, 3.05) is 6.61 Å². The van der Waals surface area contributed by atoms with Gasteiger partial charge in [0.2, 0.25) is 0 Å². The highest BCUT2D eigenvalue weighted by Gasteiger charge is 2.30. The Morgan fingerprint density at radius 2 is 2.00 bits per heavy atom. The van der Waals surface area contributed by atoms with Crippen LogP contribution in [0.5, 0.6) is 5.75 Å². The van der Waals surface area contributed by atoms with Crippen molar-refractivity contribution in [3.63, 3.8) is 0 Å². The van der Waals surface area contributed by atoms with E-state index in [9.17, 15) is 0 Å². The van der Waals surface area contributed by atoms with Crippen LogP contribution in [0, 0.1) is 5.92 Å². The predicted molar refractivity (Wildman–Crippen MR) is 63.5 cm³/mol. The standard InChI is InChI=1S/C14H20O/c1-10(2)14(3,4)12-7-5-6-11-8-9-15-13(11)12/h5-7,10H,8-9H2,1-4H3. The third-order valence-corrected chi connectivity index (χ3v) is 3.85. The minimum Gasteiger partial charge on any atom is -0.493 e. The van der Waals surface area contributed by atoms with Crippen LogP contribution in [-0.4, -0.2) is 6.61 Å². The third kappa shape index (κ3) is 1.64. The first-order valence-corrected chi connectivity index (χ1v) is 5.78. The molecule has 0 spiro atoms. The van der Waals surface area contributed by atoms with Gasteiger partial charge in [-0.05, 0) is 16.9 Å². The molecule has 1 heterocycles. The topological polar surface area (TPSA) is 9.23 Å². The first kappa shape index (κ1) is 10.5. The summed E-state index contributed by atoms with van der Waals surface area (Å²) in [7, 11) is 0. The second-order valence-corrected chi connectivity index (χ2v) is 5.27. The second-order valence-electron chi connectivity index (χ2n) is 5.27. The molecule has 2 rings (SSSR count). The molecule has 1 heteroatoms. The average molecular weight is 204 g/mol. The molecule has 0 aliphatic carbocycles. The van der Waals surface area contributed by atoms with Gasteiger partial charge >= 0.3 is 0 Å². The summed E-state index contributed by atoms with van der Waals surface area (Å²) in [5.74, 6) is 1.77. The van der Waals surface area contributed by atoms with E-state index in [1.54, 1.807) is 0 Å².